The number of carboxylic acid groups (broad SMARTS) is 1. The number of thiazole rings is 1. The van der Waals surface area contributed by atoms with Gasteiger partial charge in [0.25, 0.3) is 0 Å². The van der Waals surface area contributed by atoms with Gasteiger partial charge in [0.15, 0.2) is 0 Å². The Balaban J connectivity index is 1.31. The smallest absolute Gasteiger partial charge is 0.404 e. The van der Waals surface area contributed by atoms with Crippen LogP contribution < -0.4 is 5.32 Å². The second-order valence-electron chi connectivity index (χ2n) is 8.81. The summed E-state index contributed by atoms with van der Waals surface area (Å²) in [6.07, 6.45) is 8.21. The van der Waals surface area contributed by atoms with E-state index < -0.39 is 6.09 Å². The number of hydrogen-bond acceptors (Lipinski definition) is 5. The molecule has 0 fully saturated rings. The predicted octanol–water partition coefficient (Wildman–Crippen LogP) is 6.20. The summed E-state index contributed by atoms with van der Waals surface area (Å²) in [5.41, 5.74) is 5.91. The van der Waals surface area contributed by atoms with Gasteiger partial charge in [-0.2, -0.15) is 0 Å². The van der Waals surface area contributed by atoms with Crippen LogP contribution in [0.3, 0.4) is 0 Å². The Morgan fingerprint density at radius 3 is 2.47 bits per heavy atom. The van der Waals surface area contributed by atoms with Gasteiger partial charge in [-0.15, -0.1) is 11.3 Å². The van der Waals surface area contributed by atoms with Crippen molar-refractivity contribution in [2.24, 2.45) is 0 Å². The van der Waals surface area contributed by atoms with Crippen LogP contribution in [0, 0.1) is 0 Å². The first-order valence-electron chi connectivity index (χ1n) is 12.2. The number of amides is 1. The van der Waals surface area contributed by atoms with Crippen LogP contribution in [0.5, 0.6) is 0 Å². The molecule has 0 bridgehead atoms. The largest absolute Gasteiger partial charge is 0.465 e. The fourth-order valence-corrected chi connectivity index (χ4v) is 5.08. The minimum atomic E-state index is -0.990. The molecule has 0 saturated carbocycles. The number of imidazole rings is 1. The molecule has 38 heavy (non-hydrogen) atoms. The van der Waals surface area contributed by atoms with Crippen LogP contribution in [0.4, 0.5) is 4.79 Å². The summed E-state index contributed by atoms with van der Waals surface area (Å²) < 4.78 is 4.17. The molecular formula is C29H24N6O2S. The number of hydrogen-bond donors (Lipinski definition) is 2. The Kier molecular flexibility index (Phi) is 6.41. The van der Waals surface area contributed by atoms with Gasteiger partial charge >= 0.3 is 6.09 Å². The van der Waals surface area contributed by atoms with Crippen LogP contribution in [0.15, 0.2) is 96.9 Å². The average molecular weight is 521 g/mol. The molecule has 0 spiro atoms. The number of aryl methyl sites for hydroxylation is 1. The summed E-state index contributed by atoms with van der Waals surface area (Å²) in [6, 6.07) is 22.7. The lowest BCUT2D eigenvalue weighted by Crippen LogP contribution is -2.22. The molecule has 9 heteroatoms. The predicted molar refractivity (Wildman–Crippen MR) is 149 cm³/mol. The molecule has 8 nitrogen and oxygen atoms in total. The van der Waals surface area contributed by atoms with Crippen LogP contribution in [-0.4, -0.2) is 41.8 Å². The van der Waals surface area contributed by atoms with E-state index in [9.17, 15) is 4.79 Å². The Bertz CT molecular complexity index is 1690. The van der Waals surface area contributed by atoms with Crippen molar-refractivity contribution in [1.29, 1.82) is 0 Å². The van der Waals surface area contributed by atoms with Crippen LogP contribution in [0.1, 0.15) is 12.0 Å². The van der Waals surface area contributed by atoms with E-state index in [2.05, 4.69) is 85.1 Å². The maximum absolute atomic E-state index is 10.7. The summed E-state index contributed by atoms with van der Waals surface area (Å²) >= 11 is 1.56. The summed E-state index contributed by atoms with van der Waals surface area (Å²) in [4.78, 5) is 24.6. The van der Waals surface area contributed by atoms with Gasteiger partial charge in [0.2, 0.25) is 0 Å². The average Bonchev–Trinajstić information content (AvgIpc) is 3.71. The molecule has 188 valence electrons. The highest BCUT2D eigenvalue weighted by Crippen LogP contribution is 2.30. The monoisotopic (exact) mass is 520 g/mol. The third-order valence-corrected chi connectivity index (χ3v) is 7.14. The lowest BCUT2D eigenvalue weighted by Gasteiger charge is -2.10. The SMILES string of the molecule is O=C(O)NCCCc1ccc(-n2cc(-c3nccs3)nc2-c2ccc(-n3ccc4cccnc43)cc2)cc1. The minimum absolute atomic E-state index is 0.435. The van der Waals surface area contributed by atoms with E-state index >= 15 is 0 Å². The van der Waals surface area contributed by atoms with E-state index in [0.29, 0.717) is 6.54 Å². The fourth-order valence-electron chi connectivity index (χ4n) is 4.49. The Morgan fingerprint density at radius 2 is 1.71 bits per heavy atom. The highest BCUT2D eigenvalue weighted by atomic mass is 32.1. The molecule has 0 aliphatic heterocycles. The van der Waals surface area contributed by atoms with Crippen molar-refractivity contribution in [3.63, 3.8) is 0 Å². The molecule has 1 amide bonds. The standard InChI is InChI=1S/C29H24N6O2S/c36-29(37)32-15-1-3-20-5-9-24(10-6-20)35-19-25(28-31-16-18-38-28)33-27(35)22-7-11-23(12-8-22)34-17-13-21-4-2-14-30-26(21)34/h2,4-14,16-19,32H,1,3,15H2,(H,36,37). The van der Waals surface area contributed by atoms with Crippen LogP contribution in [0.25, 0.3) is 44.5 Å². The number of pyridine rings is 1. The third kappa shape index (κ3) is 4.79. The zero-order valence-electron chi connectivity index (χ0n) is 20.4. The molecule has 0 unspecified atom stereocenters. The van der Waals surface area contributed by atoms with Crippen molar-refractivity contribution in [1.82, 2.24) is 29.4 Å². The van der Waals surface area contributed by atoms with Gasteiger partial charge in [-0.25, -0.2) is 19.7 Å². The fraction of sp³-hybridized carbons (Fsp3) is 0.103. The number of rotatable bonds is 8. The summed E-state index contributed by atoms with van der Waals surface area (Å²) in [5, 5.41) is 15.1. The Labute approximate surface area is 222 Å². The van der Waals surface area contributed by atoms with Gasteiger partial charge in [-0.05, 0) is 73.0 Å². The number of carbonyl (C=O) groups is 1. The molecule has 0 radical (unpaired) electrons. The molecule has 0 atom stereocenters. The van der Waals surface area contributed by atoms with Crippen molar-refractivity contribution in [2.45, 2.75) is 12.8 Å². The van der Waals surface area contributed by atoms with Crippen LogP contribution in [0.2, 0.25) is 0 Å². The zero-order valence-corrected chi connectivity index (χ0v) is 21.2. The lowest BCUT2D eigenvalue weighted by atomic mass is 10.1. The normalized spacial score (nSPS) is 11.2. The van der Waals surface area contributed by atoms with Gasteiger partial charge in [-0.1, -0.05) is 12.1 Å². The topological polar surface area (TPSA) is 97.9 Å². The molecule has 4 aromatic heterocycles. The molecule has 0 saturated heterocycles. The van der Waals surface area contributed by atoms with E-state index in [1.807, 2.05) is 30.0 Å². The first-order valence-corrected chi connectivity index (χ1v) is 13.1. The summed E-state index contributed by atoms with van der Waals surface area (Å²) in [5.74, 6) is 0.829. The molecule has 6 aromatic rings. The molecule has 2 N–H and O–H groups in total. The van der Waals surface area contributed by atoms with Gasteiger partial charge in [0.1, 0.15) is 22.2 Å². The minimum Gasteiger partial charge on any atom is -0.465 e. The van der Waals surface area contributed by atoms with E-state index in [1.54, 1.807) is 17.5 Å². The second-order valence-corrected chi connectivity index (χ2v) is 9.70. The van der Waals surface area contributed by atoms with E-state index in [0.717, 1.165) is 62.9 Å². The molecule has 0 aliphatic carbocycles. The van der Waals surface area contributed by atoms with Crippen LogP contribution >= 0.6 is 11.3 Å². The maximum atomic E-state index is 10.7. The van der Waals surface area contributed by atoms with Crippen molar-refractivity contribution in [2.75, 3.05) is 6.54 Å². The zero-order chi connectivity index (χ0) is 25.9. The van der Waals surface area contributed by atoms with Crippen molar-refractivity contribution in [3.8, 4) is 33.5 Å². The molecule has 6 rings (SSSR count). The van der Waals surface area contributed by atoms with Crippen LogP contribution in [-0.2, 0) is 6.42 Å². The van der Waals surface area contributed by atoms with Gasteiger partial charge in [-0.3, -0.25) is 4.57 Å². The molecular weight excluding hydrogens is 496 g/mol. The highest BCUT2D eigenvalue weighted by molar-refractivity contribution is 7.13. The van der Waals surface area contributed by atoms with Gasteiger partial charge in [0.05, 0.1) is 0 Å². The van der Waals surface area contributed by atoms with Gasteiger partial charge < -0.3 is 15.0 Å². The van der Waals surface area contributed by atoms with Crippen molar-refractivity contribution in [3.05, 3.63) is 102 Å². The van der Waals surface area contributed by atoms with E-state index in [4.69, 9.17) is 10.1 Å². The summed E-state index contributed by atoms with van der Waals surface area (Å²) in [6.45, 7) is 0.435. The van der Waals surface area contributed by atoms with E-state index in [1.165, 1.54) is 0 Å². The highest BCUT2D eigenvalue weighted by Gasteiger charge is 2.15. The quantitative estimate of drug-likeness (QED) is 0.233. The summed E-state index contributed by atoms with van der Waals surface area (Å²) in [7, 11) is 0. The van der Waals surface area contributed by atoms with E-state index in [-0.39, 0.29) is 0 Å². The van der Waals surface area contributed by atoms with Gasteiger partial charge in [0, 0.05) is 59.0 Å². The molecule has 4 heterocycles. The Morgan fingerprint density at radius 1 is 0.921 bits per heavy atom. The first kappa shape index (κ1) is 23.6. The maximum Gasteiger partial charge on any atom is 0.404 e. The van der Waals surface area contributed by atoms with Crippen molar-refractivity contribution < 1.29 is 9.90 Å². The number of aromatic nitrogens is 5. The lowest BCUT2D eigenvalue weighted by molar-refractivity contribution is 0.194. The molecule has 0 aliphatic rings. The number of fused-ring (bicyclic) bond motifs is 1. The second kappa shape index (κ2) is 10.3. The number of benzene rings is 2. The van der Waals surface area contributed by atoms with Crippen molar-refractivity contribution >= 4 is 28.5 Å². The third-order valence-electron chi connectivity index (χ3n) is 6.34. The number of nitrogens with one attached hydrogen (secondary N) is 1. The number of nitrogens with zero attached hydrogens (tertiary/aromatic N) is 5. The molecule has 2 aromatic carbocycles. The Hall–Kier alpha value is -4.76. The first-order chi connectivity index (χ1) is 18.7.